The second kappa shape index (κ2) is 8.41. The molecule has 3 N–H and O–H groups in total. The summed E-state index contributed by atoms with van der Waals surface area (Å²) in [4.78, 5) is 24.5. The minimum absolute atomic E-state index is 0.00113. The lowest BCUT2D eigenvalue weighted by atomic mass is 10.2. The molecule has 4 aromatic rings. The molecular formula is C23H19N3O6S. The topological polar surface area (TPSA) is 137 Å². The Kier molecular flexibility index (Phi) is 5.62. The van der Waals surface area contributed by atoms with Gasteiger partial charge in [0.05, 0.1) is 33.8 Å². The van der Waals surface area contributed by atoms with Crippen LogP contribution in [0.1, 0.15) is 16.1 Å². The Morgan fingerprint density at radius 2 is 1.76 bits per heavy atom. The number of nitrogens with zero attached hydrogens (tertiary/aromatic N) is 1. The molecule has 0 aliphatic rings. The zero-order valence-corrected chi connectivity index (χ0v) is 18.3. The van der Waals surface area contributed by atoms with Crippen LogP contribution in [0.5, 0.6) is 0 Å². The number of primary sulfonamides is 1. The minimum Gasteiger partial charge on any atom is -0.465 e. The third-order valence-corrected chi connectivity index (χ3v) is 5.86. The number of nitrogens with one attached hydrogen (secondary N) is 1. The number of aromatic nitrogens is 2. The van der Waals surface area contributed by atoms with Crippen molar-refractivity contribution in [2.75, 3.05) is 7.11 Å². The average molecular weight is 465 g/mol. The second-order valence-electron chi connectivity index (χ2n) is 7.10. The van der Waals surface area contributed by atoms with Crippen molar-refractivity contribution < 1.29 is 22.4 Å². The van der Waals surface area contributed by atoms with E-state index in [4.69, 9.17) is 9.56 Å². The monoisotopic (exact) mass is 465 g/mol. The van der Waals surface area contributed by atoms with E-state index in [9.17, 15) is 18.0 Å². The Balaban J connectivity index is 1.67. The molecule has 0 saturated carbocycles. The zero-order valence-electron chi connectivity index (χ0n) is 17.4. The number of aromatic amines is 1. The normalized spacial score (nSPS) is 12.1. The van der Waals surface area contributed by atoms with Gasteiger partial charge in [0.25, 0.3) is 5.56 Å². The first-order valence-electron chi connectivity index (χ1n) is 9.61. The molecule has 2 aromatic heterocycles. The Morgan fingerprint density at radius 1 is 1.09 bits per heavy atom. The number of rotatable bonds is 5. The molecule has 0 saturated heterocycles. The van der Waals surface area contributed by atoms with Crippen molar-refractivity contribution >= 4 is 28.6 Å². The van der Waals surface area contributed by atoms with Crippen LogP contribution in [0.4, 0.5) is 0 Å². The third kappa shape index (κ3) is 4.43. The number of carbonyl (C=O) groups is 1. The molecule has 0 atom stereocenters. The van der Waals surface area contributed by atoms with Crippen LogP contribution in [0.15, 0.2) is 74.8 Å². The highest BCUT2D eigenvalue weighted by atomic mass is 32.2. The number of hydrogen-bond acceptors (Lipinski definition) is 6. The SMILES string of the molecule is C=c1[nH]n(-c2ccc(C(=O)OC)cc2)c(=O)/c1=C\c1ccc(-c2ccc(S(N)(=O)=O)cc2)o1. The third-order valence-electron chi connectivity index (χ3n) is 4.93. The summed E-state index contributed by atoms with van der Waals surface area (Å²) in [5.74, 6) is 0.428. The maximum Gasteiger partial charge on any atom is 0.337 e. The molecule has 168 valence electrons. The van der Waals surface area contributed by atoms with Crippen LogP contribution in [0, 0.1) is 0 Å². The largest absolute Gasteiger partial charge is 0.465 e. The van der Waals surface area contributed by atoms with Gasteiger partial charge in [-0.2, -0.15) is 0 Å². The average Bonchev–Trinajstić information content (AvgIpc) is 3.38. The molecular weight excluding hydrogens is 446 g/mol. The van der Waals surface area contributed by atoms with Crippen LogP contribution in [-0.2, 0) is 14.8 Å². The number of benzene rings is 2. The molecule has 9 nitrogen and oxygen atoms in total. The lowest BCUT2D eigenvalue weighted by molar-refractivity contribution is 0.0600. The van der Waals surface area contributed by atoms with Gasteiger partial charge in [0.15, 0.2) is 0 Å². The predicted molar refractivity (Wildman–Crippen MR) is 122 cm³/mol. The first-order valence-corrected chi connectivity index (χ1v) is 11.2. The van der Waals surface area contributed by atoms with Gasteiger partial charge in [-0.15, -0.1) is 0 Å². The number of sulfonamides is 1. The molecule has 0 aliphatic heterocycles. The van der Waals surface area contributed by atoms with Crippen molar-refractivity contribution in [2.24, 2.45) is 5.14 Å². The fourth-order valence-electron chi connectivity index (χ4n) is 3.23. The summed E-state index contributed by atoms with van der Waals surface area (Å²) in [5, 5.41) is 8.71. The molecule has 2 heterocycles. The summed E-state index contributed by atoms with van der Waals surface area (Å²) >= 11 is 0. The van der Waals surface area contributed by atoms with Gasteiger partial charge in [0.2, 0.25) is 10.0 Å². The summed E-state index contributed by atoms with van der Waals surface area (Å²) in [6.45, 7) is 3.89. The molecule has 4 rings (SSSR count). The van der Waals surface area contributed by atoms with E-state index in [-0.39, 0.29) is 10.5 Å². The van der Waals surface area contributed by atoms with Gasteiger partial charge in [-0.05, 0) is 66.7 Å². The number of esters is 1. The number of furan rings is 1. The van der Waals surface area contributed by atoms with Crippen molar-refractivity contribution in [3.63, 3.8) is 0 Å². The van der Waals surface area contributed by atoms with Crippen molar-refractivity contribution in [3.8, 4) is 17.0 Å². The predicted octanol–water partition coefficient (Wildman–Crippen LogP) is 1.10. The van der Waals surface area contributed by atoms with E-state index in [2.05, 4.69) is 16.4 Å². The fraction of sp³-hybridized carbons (Fsp3) is 0.0435. The van der Waals surface area contributed by atoms with Crippen LogP contribution in [0.3, 0.4) is 0 Å². The van der Waals surface area contributed by atoms with E-state index in [1.165, 1.54) is 23.9 Å². The highest BCUT2D eigenvalue weighted by molar-refractivity contribution is 7.89. The summed E-state index contributed by atoms with van der Waals surface area (Å²) in [6.07, 6.45) is 1.56. The van der Waals surface area contributed by atoms with E-state index < -0.39 is 16.0 Å². The molecule has 0 bridgehead atoms. The summed E-state index contributed by atoms with van der Waals surface area (Å²) in [5.41, 5.74) is 1.19. The number of hydrogen-bond donors (Lipinski definition) is 2. The molecule has 0 amide bonds. The van der Waals surface area contributed by atoms with Crippen LogP contribution in [-0.4, -0.2) is 31.3 Å². The summed E-state index contributed by atoms with van der Waals surface area (Å²) < 4.78 is 34.6. The van der Waals surface area contributed by atoms with Gasteiger partial charge >= 0.3 is 5.97 Å². The van der Waals surface area contributed by atoms with E-state index in [0.29, 0.717) is 38.9 Å². The Morgan fingerprint density at radius 3 is 2.36 bits per heavy atom. The molecule has 0 unspecified atom stereocenters. The van der Waals surface area contributed by atoms with Gasteiger partial charge in [-0.1, -0.05) is 6.58 Å². The Hall–Kier alpha value is -4.15. The van der Waals surface area contributed by atoms with Crippen LogP contribution in [0.25, 0.3) is 29.7 Å². The highest BCUT2D eigenvalue weighted by Gasteiger charge is 2.11. The van der Waals surface area contributed by atoms with Gasteiger partial charge in [0, 0.05) is 5.56 Å². The molecule has 0 aliphatic carbocycles. The van der Waals surface area contributed by atoms with Gasteiger partial charge in [0.1, 0.15) is 11.5 Å². The van der Waals surface area contributed by atoms with Crippen LogP contribution in [0.2, 0.25) is 0 Å². The zero-order chi connectivity index (χ0) is 23.8. The maximum atomic E-state index is 12.9. The first kappa shape index (κ1) is 22.1. The Labute approximate surface area is 188 Å². The van der Waals surface area contributed by atoms with E-state index in [1.807, 2.05) is 0 Å². The van der Waals surface area contributed by atoms with Crippen molar-refractivity contribution in [2.45, 2.75) is 4.90 Å². The van der Waals surface area contributed by atoms with Crippen molar-refractivity contribution in [3.05, 3.63) is 92.9 Å². The smallest absolute Gasteiger partial charge is 0.337 e. The number of nitrogens with two attached hydrogens (primary N) is 1. The second-order valence-corrected chi connectivity index (χ2v) is 8.66. The molecule has 0 spiro atoms. The quantitative estimate of drug-likeness (QED) is 0.424. The van der Waals surface area contributed by atoms with E-state index in [1.54, 1.807) is 54.6 Å². The molecule has 2 aromatic carbocycles. The summed E-state index contributed by atoms with van der Waals surface area (Å²) in [7, 11) is -2.49. The van der Waals surface area contributed by atoms with Gasteiger partial charge < -0.3 is 9.15 Å². The van der Waals surface area contributed by atoms with Crippen LogP contribution < -0.4 is 21.3 Å². The lowest BCUT2D eigenvalue weighted by Gasteiger charge is -2.03. The molecule has 0 fully saturated rings. The first-order chi connectivity index (χ1) is 15.7. The molecule has 33 heavy (non-hydrogen) atoms. The summed E-state index contributed by atoms with van der Waals surface area (Å²) in [6, 6.07) is 15.7. The van der Waals surface area contributed by atoms with Crippen LogP contribution >= 0.6 is 0 Å². The lowest BCUT2D eigenvalue weighted by Crippen LogP contribution is -2.33. The minimum atomic E-state index is -3.78. The molecule has 10 heteroatoms. The number of ether oxygens (including phenoxy) is 1. The highest BCUT2D eigenvalue weighted by Crippen LogP contribution is 2.23. The van der Waals surface area contributed by atoms with Crippen molar-refractivity contribution in [1.82, 2.24) is 9.78 Å². The number of carbonyl (C=O) groups excluding carboxylic acids is 1. The standard InChI is InChI=1S/C23H19N3O6S/c1-14-20(22(27)26(25-14)17-7-3-16(4-8-17)23(28)31-2)13-18-9-12-21(32-18)15-5-10-19(11-6-15)33(24,29)30/h3-13,25H,1H2,2H3,(H2,24,29,30)/b20-13-. The van der Waals surface area contributed by atoms with Gasteiger partial charge in [-0.3, -0.25) is 9.89 Å². The van der Waals surface area contributed by atoms with Crippen molar-refractivity contribution in [1.29, 1.82) is 0 Å². The van der Waals surface area contributed by atoms with E-state index in [0.717, 1.165) is 0 Å². The van der Waals surface area contributed by atoms with E-state index >= 15 is 0 Å². The maximum absolute atomic E-state index is 12.9. The number of H-pyrrole nitrogens is 1. The Bertz CT molecular complexity index is 1610. The number of methoxy groups -OCH3 is 1. The molecule has 0 radical (unpaired) electrons. The van der Waals surface area contributed by atoms with Gasteiger partial charge in [-0.25, -0.2) is 23.0 Å². The fourth-order valence-corrected chi connectivity index (χ4v) is 3.74.